The number of rotatable bonds is 2. The van der Waals surface area contributed by atoms with E-state index >= 15 is 0 Å². The van der Waals surface area contributed by atoms with E-state index < -0.39 is 12.4 Å². The second-order valence-electron chi connectivity index (χ2n) is 3.29. The van der Waals surface area contributed by atoms with E-state index in [-0.39, 0.29) is 5.75 Å². The number of nitrogens with one attached hydrogen (secondary N) is 1. The van der Waals surface area contributed by atoms with E-state index in [0.717, 1.165) is 24.3 Å². The topological polar surface area (TPSA) is 21.3 Å². The molecule has 1 N–H and O–H groups in total. The highest BCUT2D eigenvalue weighted by atomic mass is 19.3. The van der Waals surface area contributed by atoms with Gasteiger partial charge in [0.25, 0.3) is 0 Å². The van der Waals surface area contributed by atoms with Gasteiger partial charge in [-0.2, -0.15) is 8.78 Å². The Morgan fingerprint density at radius 3 is 2.00 bits per heavy atom. The van der Waals surface area contributed by atoms with Gasteiger partial charge in [0.05, 0.1) is 0 Å². The summed E-state index contributed by atoms with van der Waals surface area (Å²) < 4.78 is 39.2. The summed E-state index contributed by atoms with van der Waals surface area (Å²) >= 11 is 0. The number of halogens is 3. The molecule has 2 rings (SSSR count). The SMILES string of the molecule is C1CCNC1.Fc1ccc(OC(F)F)cc1. The number of hydrogen-bond donors (Lipinski definition) is 1. The maximum atomic E-state index is 12.2. The molecule has 0 aliphatic carbocycles. The minimum Gasteiger partial charge on any atom is -0.435 e. The van der Waals surface area contributed by atoms with Crippen LogP contribution in [0.15, 0.2) is 24.3 Å². The second-order valence-corrected chi connectivity index (χ2v) is 3.29. The second kappa shape index (κ2) is 7.11. The molecule has 0 bridgehead atoms. The zero-order valence-electron chi connectivity index (χ0n) is 8.76. The molecular formula is C11H14F3NO. The predicted octanol–water partition coefficient (Wildman–Crippen LogP) is 2.80. The van der Waals surface area contributed by atoms with Crippen LogP contribution < -0.4 is 10.1 Å². The molecule has 2 nitrogen and oxygen atoms in total. The number of ether oxygens (including phenoxy) is 1. The normalized spacial score (nSPS) is 14.5. The van der Waals surface area contributed by atoms with Gasteiger partial charge in [-0.1, -0.05) is 0 Å². The van der Waals surface area contributed by atoms with Crippen LogP contribution in [0.5, 0.6) is 5.75 Å². The van der Waals surface area contributed by atoms with Gasteiger partial charge < -0.3 is 10.1 Å². The lowest BCUT2D eigenvalue weighted by molar-refractivity contribution is -0.0498. The molecule has 90 valence electrons. The minimum atomic E-state index is -2.86. The van der Waals surface area contributed by atoms with Gasteiger partial charge >= 0.3 is 6.61 Å². The predicted molar refractivity (Wildman–Crippen MR) is 55.1 cm³/mol. The maximum Gasteiger partial charge on any atom is 0.387 e. The van der Waals surface area contributed by atoms with Crippen molar-refractivity contribution < 1.29 is 17.9 Å². The van der Waals surface area contributed by atoms with Crippen molar-refractivity contribution in [2.24, 2.45) is 0 Å². The molecule has 0 unspecified atom stereocenters. The molecule has 1 saturated heterocycles. The maximum absolute atomic E-state index is 12.2. The molecule has 0 spiro atoms. The third kappa shape index (κ3) is 5.60. The molecule has 0 amide bonds. The van der Waals surface area contributed by atoms with Crippen LogP contribution in [0.3, 0.4) is 0 Å². The molecule has 0 aromatic heterocycles. The van der Waals surface area contributed by atoms with Crippen LogP contribution >= 0.6 is 0 Å². The Kier molecular flexibility index (Phi) is 5.71. The van der Waals surface area contributed by atoms with Gasteiger partial charge in [-0.05, 0) is 50.2 Å². The average Bonchev–Trinajstić information content (AvgIpc) is 2.79. The van der Waals surface area contributed by atoms with Gasteiger partial charge in [0.2, 0.25) is 0 Å². The van der Waals surface area contributed by atoms with Crippen LogP contribution in [0.4, 0.5) is 13.2 Å². The summed E-state index contributed by atoms with van der Waals surface area (Å²) in [6.07, 6.45) is 2.78. The van der Waals surface area contributed by atoms with Crippen molar-refractivity contribution in [2.75, 3.05) is 13.1 Å². The highest BCUT2D eigenvalue weighted by molar-refractivity contribution is 5.21. The molecule has 0 saturated carbocycles. The Labute approximate surface area is 92.4 Å². The van der Waals surface area contributed by atoms with E-state index in [1.807, 2.05) is 0 Å². The lowest BCUT2D eigenvalue weighted by Gasteiger charge is -2.02. The van der Waals surface area contributed by atoms with Crippen molar-refractivity contribution in [1.82, 2.24) is 5.32 Å². The summed E-state index contributed by atoms with van der Waals surface area (Å²) in [5, 5.41) is 3.22. The van der Waals surface area contributed by atoms with E-state index in [4.69, 9.17) is 0 Å². The van der Waals surface area contributed by atoms with Crippen molar-refractivity contribution in [1.29, 1.82) is 0 Å². The highest BCUT2D eigenvalue weighted by Crippen LogP contribution is 2.13. The summed E-state index contributed by atoms with van der Waals surface area (Å²) in [7, 11) is 0. The molecule has 0 atom stereocenters. The van der Waals surface area contributed by atoms with Crippen LogP contribution in [0.2, 0.25) is 0 Å². The number of alkyl halides is 2. The number of hydrogen-bond acceptors (Lipinski definition) is 2. The monoisotopic (exact) mass is 233 g/mol. The largest absolute Gasteiger partial charge is 0.435 e. The standard InChI is InChI=1S/C7H5F3O.C4H9N/c8-5-1-3-6(4-2-5)11-7(9)10;1-2-4-5-3-1/h1-4,7H;5H,1-4H2. The molecule has 5 heteroatoms. The van der Waals surface area contributed by atoms with Gasteiger partial charge in [-0.15, -0.1) is 0 Å². The Balaban J connectivity index is 0.000000212. The third-order valence-corrected chi connectivity index (χ3v) is 2.00. The summed E-state index contributed by atoms with van der Waals surface area (Å²) in [5.41, 5.74) is 0. The van der Waals surface area contributed by atoms with Crippen molar-refractivity contribution in [2.45, 2.75) is 19.5 Å². The molecule has 16 heavy (non-hydrogen) atoms. The summed E-state index contributed by atoms with van der Waals surface area (Å²) in [4.78, 5) is 0. The lowest BCUT2D eigenvalue weighted by Crippen LogP contribution is -2.03. The Bertz CT molecular complexity index is 278. The fourth-order valence-electron chi connectivity index (χ4n) is 1.24. The van der Waals surface area contributed by atoms with Crippen molar-refractivity contribution in [3.63, 3.8) is 0 Å². The summed E-state index contributed by atoms with van der Waals surface area (Å²) in [6, 6.07) is 4.39. The van der Waals surface area contributed by atoms with E-state index in [0.29, 0.717) is 0 Å². The first-order valence-corrected chi connectivity index (χ1v) is 5.09. The average molecular weight is 233 g/mol. The smallest absolute Gasteiger partial charge is 0.387 e. The zero-order valence-corrected chi connectivity index (χ0v) is 8.76. The fourth-order valence-corrected chi connectivity index (χ4v) is 1.24. The van der Waals surface area contributed by atoms with Gasteiger partial charge in [-0.25, -0.2) is 4.39 Å². The first-order chi connectivity index (χ1) is 7.68. The lowest BCUT2D eigenvalue weighted by atomic mass is 10.3. The molecule has 1 fully saturated rings. The van der Waals surface area contributed by atoms with E-state index in [1.165, 1.54) is 25.9 Å². The van der Waals surface area contributed by atoms with E-state index in [1.54, 1.807) is 0 Å². The molecule has 1 heterocycles. The Hall–Kier alpha value is -1.23. The van der Waals surface area contributed by atoms with Crippen LogP contribution in [0.25, 0.3) is 0 Å². The first kappa shape index (κ1) is 12.8. The zero-order chi connectivity index (χ0) is 11.8. The molecule has 1 aromatic rings. The molecule has 0 radical (unpaired) electrons. The van der Waals surface area contributed by atoms with Gasteiger partial charge in [-0.3, -0.25) is 0 Å². The van der Waals surface area contributed by atoms with Gasteiger partial charge in [0, 0.05) is 0 Å². The van der Waals surface area contributed by atoms with E-state index in [9.17, 15) is 13.2 Å². The van der Waals surface area contributed by atoms with Crippen molar-refractivity contribution in [3.05, 3.63) is 30.1 Å². The van der Waals surface area contributed by atoms with E-state index in [2.05, 4.69) is 10.1 Å². The van der Waals surface area contributed by atoms with Gasteiger partial charge in [0.1, 0.15) is 11.6 Å². The van der Waals surface area contributed by atoms with Crippen molar-refractivity contribution >= 4 is 0 Å². The van der Waals surface area contributed by atoms with Crippen LogP contribution in [-0.4, -0.2) is 19.7 Å². The Morgan fingerprint density at radius 1 is 1.06 bits per heavy atom. The first-order valence-electron chi connectivity index (χ1n) is 5.09. The minimum absolute atomic E-state index is 0.0404. The molecule has 1 aromatic carbocycles. The van der Waals surface area contributed by atoms with Crippen LogP contribution in [0, 0.1) is 5.82 Å². The molecule has 1 aliphatic heterocycles. The molecule has 1 aliphatic rings. The summed E-state index contributed by atoms with van der Waals surface area (Å²) in [6.45, 7) is -0.361. The third-order valence-electron chi connectivity index (χ3n) is 2.00. The molecular weight excluding hydrogens is 219 g/mol. The summed E-state index contributed by atoms with van der Waals surface area (Å²) in [5.74, 6) is -0.520. The van der Waals surface area contributed by atoms with Crippen LogP contribution in [0.1, 0.15) is 12.8 Å². The Morgan fingerprint density at radius 2 is 1.62 bits per heavy atom. The van der Waals surface area contributed by atoms with Crippen molar-refractivity contribution in [3.8, 4) is 5.75 Å². The highest BCUT2D eigenvalue weighted by Gasteiger charge is 2.02. The van der Waals surface area contributed by atoms with Gasteiger partial charge in [0.15, 0.2) is 0 Å². The fraction of sp³-hybridized carbons (Fsp3) is 0.455. The number of benzene rings is 1. The van der Waals surface area contributed by atoms with Crippen LogP contribution in [-0.2, 0) is 0 Å². The quantitative estimate of drug-likeness (QED) is 0.848.